The quantitative estimate of drug-likeness (QED) is 0.841. The van der Waals surface area contributed by atoms with Crippen LogP contribution in [0.3, 0.4) is 0 Å². The molecule has 0 aliphatic carbocycles. The average molecular weight is 255 g/mol. The molecular formula is C14H13N3O2. The zero-order valence-electron chi connectivity index (χ0n) is 10.7. The topological polar surface area (TPSA) is 67.9 Å². The van der Waals surface area contributed by atoms with Crippen molar-refractivity contribution >= 4 is 0 Å². The molecule has 1 atom stereocenters. The van der Waals surface area contributed by atoms with Gasteiger partial charge < -0.3 is 4.74 Å². The van der Waals surface area contributed by atoms with Crippen molar-refractivity contribution in [1.29, 1.82) is 5.26 Å². The number of aromatic nitrogens is 2. The zero-order chi connectivity index (χ0) is 13.8. The van der Waals surface area contributed by atoms with E-state index in [1.54, 1.807) is 20.1 Å². The number of rotatable bonds is 3. The summed E-state index contributed by atoms with van der Waals surface area (Å²) < 4.78 is 6.33. The lowest BCUT2D eigenvalue weighted by Gasteiger charge is -2.09. The van der Waals surface area contributed by atoms with Crippen molar-refractivity contribution in [3.8, 4) is 23.1 Å². The molecule has 0 spiro atoms. The third-order valence-corrected chi connectivity index (χ3v) is 2.74. The first-order valence-electron chi connectivity index (χ1n) is 5.79. The number of benzene rings is 1. The molecule has 0 bridgehead atoms. The van der Waals surface area contributed by atoms with Gasteiger partial charge in [-0.2, -0.15) is 10.4 Å². The highest BCUT2D eigenvalue weighted by Gasteiger charge is 2.09. The van der Waals surface area contributed by atoms with Gasteiger partial charge in [-0.05, 0) is 25.1 Å². The Hall–Kier alpha value is -2.61. The Balaban J connectivity index is 2.51. The summed E-state index contributed by atoms with van der Waals surface area (Å²) in [5, 5.41) is 13.1. The maximum atomic E-state index is 11.7. The predicted octanol–water partition coefficient (Wildman–Crippen LogP) is 2.00. The minimum Gasteiger partial charge on any atom is -0.497 e. The van der Waals surface area contributed by atoms with Crippen LogP contribution in [0.15, 0.2) is 41.2 Å². The minimum absolute atomic E-state index is 0.291. The van der Waals surface area contributed by atoms with E-state index in [0.29, 0.717) is 11.4 Å². The fraction of sp³-hybridized carbons (Fsp3) is 0.214. The van der Waals surface area contributed by atoms with Crippen molar-refractivity contribution in [3.63, 3.8) is 0 Å². The van der Waals surface area contributed by atoms with Gasteiger partial charge in [-0.3, -0.25) is 4.79 Å². The fourth-order valence-corrected chi connectivity index (χ4v) is 1.69. The molecule has 19 heavy (non-hydrogen) atoms. The summed E-state index contributed by atoms with van der Waals surface area (Å²) in [5.74, 6) is 0.713. The molecular weight excluding hydrogens is 242 g/mol. The number of hydrogen-bond donors (Lipinski definition) is 0. The van der Waals surface area contributed by atoms with Crippen LogP contribution in [0.4, 0.5) is 0 Å². The lowest BCUT2D eigenvalue weighted by Crippen LogP contribution is -2.24. The summed E-state index contributed by atoms with van der Waals surface area (Å²) in [6, 6.07) is 11.8. The molecule has 1 heterocycles. The van der Waals surface area contributed by atoms with Gasteiger partial charge in [0.2, 0.25) is 0 Å². The van der Waals surface area contributed by atoms with Gasteiger partial charge in [-0.1, -0.05) is 12.1 Å². The summed E-state index contributed by atoms with van der Waals surface area (Å²) in [4.78, 5) is 11.7. The SMILES string of the molecule is COc1cccc(-c2ccc(=O)n(C(C)C#N)n2)c1. The summed E-state index contributed by atoms with van der Waals surface area (Å²) in [6.45, 7) is 1.63. The molecule has 0 aliphatic heterocycles. The van der Waals surface area contributed by atoms with Crippen LogP contribution >= 0.6 is 0 Å². The first kappa shape index (κ1) is 12.8. The van der Waals surface area contributed by atoms with Gasteiger partial charge in [0.15, 0.2) is 0 Å². The van der Waals surface area contributed by atoms with Gasteiger partial charge in [0.25, 0.3) is 5.56 Å². The number of nitrogens with zero attached hydrogens (tertiary/aromatic N) is 3. The largest absolute Gasteiger partial charge is 0.497 e. The van der Waals surface area contributed by atoms with Crippen LogP contribution in [0.5, 0.6) is 5.75 Å². The van der Waals surface area contributed by atoms with Crippen molar-refractivity contribution in [2.45, 2.75) is 13.0 Å². The molecule has 0 aliphatic rings. The highest BCUT2D eigenvalue weighted by Crippen LogP contribution is 2.21. The maximum Gasteiger partial charge on any atom is 0.268 e. The molecule has 0 amide bonds. The Morgan fingerprint density at radius 1 is 1.37 bits per heavy atom. The lowest BCUT2D eigenvalue weighted by molar-refractivity contribution is 0.415. The molecule has 0 fully saturated rings. The molecule has 2 rings (SSSR count). The average Bonchev–Trinajstić information content (AvgIpc) is 2.47. The third-order valence-electron chi connectivity index (χ3n) is 2.74. The van der Waals surface area contributed by atoms with Gasteiger partial charge in [0.1, 0.15) is 11.8 Å². The van der Waals surface area contributed by atoms with Crippen molar-refractivity contribution in [1.82, 2.24) is 9.78 Å². The van der Waals surface area contributed by atoms with Gasteiger partial charge in [0, 0.05) is 11.6 Å². The van der Waals surface area contributed by atoms with E-state index in [1.807, 2.05) is 30.3 Å². The molecule has 1 aromatic carbocycles. The fourth-order valence-electron chi connectivity index (χ4n) is 1.69. The Kier molecular flexibility index (Phi) is 3.62. The third kappa shape index (κ3) is 2.63. The van der Waals surface area contributed by atoms with Crippen LogP contribution in [0.2, 0.25) is 0 Å². The second kappa shape index (κ2) is 5.36. The van der Waals surface area contributed by atoms with Crippen LogP contribution in [-0.4, -0.2) is 16.9 Å². The second-order valence-electron chi connectivity index (χ2n) is 4.04. The molecule has 5 nitrogen and oxygen atoms in total. The van der Waals surface area contributed by atoms with E-state index in [-0.39, 0.29) is 5.56 Å². The summed E-state index contributed by atoms with van der Waals surface area (Å²) in [5.41, 5.74) is 1.17. The van der Waals surface area contributed by atoms with Gasteiger partial charge in [0.05, 0.1) is 18.9 Å². The Bertz CT molecular complexity index is 686. The number of ether oxygens (including phenoxy) is 1. The first-order valence-corrected chi connectivity index (χ1v) is 5.79. The van der Waals surface area contributed by atoms with E-state index in [1.165, 1.54) is 10.7 Å². The molecule has 0 N–H and O–H groups in total. The summed E-state index contributed by atoms with van der Waals surface area (Å²) in [6.07, 6.45) is 0. The summed E-state index contributed by atoms with van der Waals surface area (Å²) in [7, 11) is 1.59. The minimum atomic E-state index is -0.599. The van der Waals surface area contributed by atoms with Gasteiger partial charge in [-0.15, -0.1) is 0 Å². The molecule has 96 valence electrons. The van der Waals surface area contributed by atoms with Crippen LogP contribution in [0.25, 0.3) is 11.3 Å². The highest BCUT2D eigenvalue weighted by molar-refractivity contribution is 5.60. The number of hydrogen-bond acceptors (Lipinski definition) is 4. The molecule has 0 saturated heterocycles. The molecule has 5 heteroatoms. The van der Waals surface area contributed by atoms with Crippen molar-refractivity contribution in [3.05, 3.63) is 46.8 Å². The number of methoxy groups -OCH3 is 1. The molecule has 0 saturated carbocycles. The van der Waals surface area contributed by atoms with E-state index in [9.17, 15) is 4.79 Å². The molecule has 0 radical (unpaired) electrons. The second-order valence-corrected chi connectivity index (χ2v) is 4.04. The molecule has 1 unspecified atom stereocenters. The number of nitriles is 1. The normalized spacial score (nSPS) is 11.6. The van der Waals surface area contributed by atoms with E-state index >= 15 is 0 Å². The lowest BCUT2D eigenvalue weighted by atomic mass is 10.1. The van der Waals surface area contributed by atoms with Gasteiger partial charge in [-0.25, -0.2) is 4.68 Å². The van der Waals surface area contributed by atoms with Crippen molar-refractivity contribution in [2.24, 2.45) is 0 Å². The van der Waals surface area contributed by atoms with Crippen molar-refractivity contribution < 1.29 is 4.74 Å². The predicted molar refractivity (Wildman–Crippen MR) is 70.8 cm³/mol. The standard InChI is InChI=1S/C14H13N3O2/c1-10(9-15)17-14(18)7-6-13(16-17)11-4-3-5-12(8-11)19-2/h3-8,10H,1-2H3. The molecule has 2 aromatic rings. The van der Waals surface area contributed by atoms with E-state index in [4.69, 9.17) is 10.00 Å². The smallest absolute Gasteiger partial charge is 0.268 e. The molecule has 1 aromatic heterocycles. The van der Waals surface area contributed by atoms with Crippen LogP contribution < -0.4 is 10.3 Å². The Morgan fingerprint density at radius 2 is 2.16 bits per heavy atom. The van der Waals surface area contributed by atoms with E-state index in [0.717, 1.165) is 5.56 Å². The highest BCUT2D eigenvalue weighted by atomic mass is 16.5. The van der Waals surface area contributed by atoms with E-state index < -0.39 is 6.04 Å². The van der Waals surface area contributed by atoms with Crippen molar-refractivity contribution in [2.75, 3.05) is 7.11 Å². The van der Waals surface area contributed by atoms with Gasteiger partial charge >= 0.3 is 0 Å². The van der Waals surface area contributed by atoms with Crippen LogP contribution in [0, 0.1) is 11.3 Å². The van der Waals surface area contributed by atoms with E-state index in [2.05, 4.69) is 5.10 Å². The summed E-state index contributed by atoms with van der Waals surface area (Å²) >= 11 is 0. The maximum absolute atomic E-state index is 11.7. The first-order chi connectivity index (χ1) is 9.15. The van der Waals surface area contributed by atoms with Crippen LogP contribution in [-0.2, 0) is 0 Å². The van der Waals surface area contributed by atoms with Crippen LogP contribution in [0.1, 0.15) is 13.0 Å². The Labute approximate surface area is 110 Å². The zero-order valence-corrected chi connectivity index (χ0v) is 10.7. The Morgan fingerprint density at radius 3 is 2.84 bits per heavy atom. The monoisotopic (exact) mass is 255 g/mol.